The first kappa shape index (κ1) is 23.7. The number of rotatable bonds is 10. The number of aromatic nitrogens is 2. The van der Waals surface area contributed by atoms with E-state index in [0.717, 1.165) is 5.56 Å². The van der Waals surface area contributed by atoms with Gasteiger partial charge in [0, 0.05) is 30.3 Å². The number of methoxy groups -OCH3 is 3. The average Bonchev–Trinajstić information content (AvgIpc) is 3.34. The summed E-state index contributed by atoms with van der Waals surface area (Å²) >= 11 is 0. The van der Waals surface area contributed by atoms with E-state index < -0.39 is 0 Å². The van der Waals surface area contributed by atoms with Crippen LogP contribution in [0.2, 0.25) is 0 Å². The largest absolute Gasteiger partial charge is 0.496 e. The highest BCUT2D eigenvalue weighted by Crippen LogP contribution is 2.41. The van der Waals surface area contributed by atoms with Crippen LogP contribution < -0.4 is 29.0 Å². The van der Waals surface area contributed by atoms with Crippen LogP contribution >= 0.6 is 0 Å². The van der Waals surface area contributed by atoms with Crippen molar-refractivity contribution in [3.8, 4) is 34.6 Å². The van der Waals surface area contributed by atoms with Gasteiger partial charge in [-0.1, -0.05) is 18.2 Å². The predicted molar refractivity (Wildman–Crippen MR) is 131 cm³/mol. The molecule has 0 saturated carbocycles. The van der Waals surface area contributed by atoms with Crippen molar-refractivity contribution in [2.75, 3.05) is 27.9 Å². The number of fused-ring (bicyclic) bond motifs is 1. The SMILES string of the molecule is CCOc1ccccc1Oc1ccc(CNC(=O)c2cc3c(OC)cc(OC)c(OC)c3[nH]2)cn1. The van der Waals surface area contributed by atoms with Crippen LogP contribution in [-0.2, 0) is 6.54 Å². The van der Waals surface area contributed by atoms with Gasteiger partial charge in [0.25, 0.3) is 5.91 Å². The molecule has 35 heavy (non-hydrogen) atoms. The summed E-state index contributed by atoms with van der Waals surface area (Å²) in [5, 5.41) is 3.60. The van der Waals surface area contributed by atoms with Gasteiger partial charge in [0.05, 0.1) is 33.5 Å². The molecule has 2 aromatic carbocycles. The Morgan fingerprint density at radius 2 is 1.71 bits per heavy atom. The highest BCUT2D eigenvalue weighted by molar-refractivity contribution is 6.02. The third-order valence-corrected chi connectivity index (χ3v) is 5.30. The Hall–Kier alpha value is -4.40. The lowest BCUT2D eigenvalue weighted by atomic mass is 10.2. The normalized spacial score (nSPS) is 10.6. The van der Waals surface area contributed by atoms with Gasteiger partial charge in [0.1, 0.15) is 11.4 Å². The second-order valence-corrected chi connectivity index (χ2v) is 7.46. The zero-order chi connectivity index (χ0) is 24.8. The number of aromatic amines is 1. The fourth-order valence-corrected chi connectivity index (χ4v) is 3.63. The molecule has 0 radical (unpaired) electrons. The van der Waals surface area contributed by atoms with Gasteiger partial charge in [-0.3, -0.25) is 4.79 Å². The summed E-state index contributed by atoms with van der Waals surface area (Å²) in [6.45, 7) is 2.74. The molecule has 2 heterocycles. The number of hydrogen-bond acceptors (Lipinski definition) is 7. The number of ether oxygens (including phenoxy) is 5. The molecule has 0 aliphatic heterocycles. The molecule has 0 unspecified atom stereocenters. The fourth-order valence-electron chi connectivity index (χ4n) is 3.63. The minimum absolute atomic E-state index is 0.282. The number of pyridine rings is 1. The van der Waals surface area contributed by atoms with Gasteiger partial charge in [-0.05, 0) is 30.7 Å². The maximum atomic E-state index is 12.8. The zero-order valence-corrected chi connectivity index (χ0v) is 20.0. The van der Waals surface area contributed by atoms with Crippen molar-refractivity contribution in [2.45, 2.75) is 13.5 Å². The lowest BCUT2D eigenvalue weighted by Crippen LogP contribution is -2.23. The van der Waals surface area contributed by atoms with E-state index >= 15 is 0 Å². The van der Waals surface area contributed by atoms with E-state index in [1.165, 1.54) is 0 Å². The van der Waals surface area contributed by atoms with Crippen LogP contribution in [-0.4, -0.2) is 43.8 Å². The molecule has 182 valence electrons. The van der Waals surface area contributed by atoms with Gasteiger partial charge in [0.15, 0.2) is 23.0 Å². The van der Waals surface area contributed by atoms with Crippen molar-refractivity contribution >= 4 is 16.8 Å². The van der Waals surface area contributed by atoms with E-state index in [1.807, 2.05) is 37.3 Å². The number of nitrogens with zero attached hydrogens (tertiary/aromatic N) is 1. The lowest BCUT2D eigenvalue weighted by molar-refractivity contribution is 0.0946. The number of H-pyrrole nitrogens is 1. The second kappa shape index (κ2) is 10.7. The van der Waals surface area contributed by atoms with Crippen LogP contribution in [0.4, 0.5) is 0 Å². The topological polar surface area (TPSA) is 104 Å². The van der Waals surface area contributed by atoms with Crippen molar-refractivity contribution in [3.05, 3.63) is 66.0 Å². The number of nitrogens with one attached hydrogen (secondary N) is 2. The number of carbonyl (C=O) groups is 1. The maximum absolute atomic E-state index is 12.8. The van der Waals surface area contributed by atoms with Crippen molar-refractivity contribution in [1.82, 2.24) is 15.3 Å². The van der Waals surface area contributed by atoms with E-state index in [0.29, 0.717) is 57.8 Å². The van der Waals surface area contributed by atoms with Crippen molar-refractivity contribution in [2.24, 2.45) is 0 Å². The molecule has 4 aromatic rings. The Morgan fingerprint density at radius 3 is 2.37 bits per heavy atom. The number of hydrogen-bond donors (Lipinski definition) is 2. The van der Waals surface area contributed by atoms with E-state index in [-0.39, 0.29) is 12.5 Å². The van der Waals surface area contributed by atoms with E-state index in [4.69, 9.17) is 23.7 Å². The van der Waals surface area contributed by atoms with E-state index in [1.54, 1.807) is 45.7 Å². The van der Waals surface area contributed by atoms with Crippen LogP contribution in [0, 0.1) is 0 Å². The van der Waals surface area contributed by atoms with Gasteiger partial charge in [-0.15, -0.1) is 0 Å². The quantitative estimate of drug-likeness (QED) is 0.341. The minimum atomic E-state index is -0.282. The first-order valence-electron chi connectivity index (χ1n) is 11.0. The van der Waals surface area contributed by atoms with Crippen LogP contribution in [0.15, 0.2) is 54.7 Å². The maximum Gasteiger partial charge on any atom is 0.268 e. The number of para-hydroxylation sites is 2. The van der Waals surface area contributed by atoms with E-state index in [2.05, 4.69) is 15.3 Å². The summed E-state index contributed by atoms with van der Waals surface area (Å²) in [5.74, 6) is 2.95. The third kappa shape index (κ3) is 5.08. The van der Waals surface area contributed by atoms with Crippen molar-refractivity contribution < 1.29 is 28.5 Å². The predicted octanol–water partition coefficient (Wildman–Crippen LogP) is 4.71. The van der Waals surface area contributed by atoms with Gasteiger partial charge in [-0.25, -0.2) is 4.98 Å². The summed E-state index contributed by atoms with van der Waals surface area (Å²) in [7, 11) is 4.64. The molecule has 4 rings (SSSR count). The highest BCUT2D eigenvalue weighted by atomic mass is 16.5. The van der Waals surface area contributed by atoms with Crippen LogP contribution in [0.1, 0.15) is 23.0 Å². The summed E-state index contributed by atoms with van der Waals surface area (Å²) < 4.78 is 27.7. The first-order chi connectivity index (χ1) is 17.1. The summed E-state index contributed by atoms with van der Waals surface area (Å²) in [6, 6.07) is 14.4. The second-order valence-electron chi connectivity index (χ2n) is 7.46. The highest BCUT2D eigenvalue weighted by Gasteiger charge is 2.19. The molecule has 2 N–H and O–H groups in total. The van der Waals surface area contributed by atoms with Crippen LogP contribution in [0.3, 0.4) is 0 Å². The van der Waals surface area contributed by atoms with Crippen LogP contribution in [0.25, 0.3) is 10.9 Å². The zero-order valence-electron chi connectivity index (χ0n) is 20.0. The molecule has 2 aromatic heterocycles. The summed E-state index contributed by atoms with van der Waals surface area (Å²) in [6.07, 6.45) is 1.65. The first-order valence-corrected chi connectivity index (χ1v) is 11.0. The van der Waals surface area contributed by atoms with Crippen LogP contribution in [0.5, 0.6) is 34.6 Å². The molecule has 9 nitrogen and oxygen atoms in total. The summed E-state index contributed by atoms with van der Waals surface area (Å²) in [5.41, 5.74) is 1.80. The number of carbonyl (C=O) groups excluding carboxylic acids is 1. The molecule has 0 saturated heterocycles. The molecule has 1 amide bonds. The standard InChI is InChI=1S/C26H27N3O6/c1-5-34-19-8-6-7-9-20(19)35-23-11-10-16(14-27-23)15-28-26(30)18-12-17-21(31-2)13-22(32-3)25(33-4)24(17)29-18/h6-14,29H,5,15H2,1-4H3,(H,28,30). The van der Waals surface area contributed by atoms with Gasteiger partial charge < -0.3 is 34.0 Å². The van der Waals surface area contributed by atoms with Gasteiger partial charge in [0.2, 0.25) is 5.88 Å². The fraction of sp³-hybridized carbons (Fsp3) is 0.231. The third-order valence-electron chi connectivity index (χ3n) is 5.30. The molecular formula is C26H27N3O6. The smallest absolute Gasteiger partial charge is 0.268 e. The molecule has 9 heteroatoms. The lowest BCUT2D eigenvalue weighted by Gasteiger charge is -2.11. The van der Waals surface area contributed by atoms with Crippen molar-refractivity contribution in [3.63, 3.8) is 0 Å². The Balaban J connectivity index is 1.45. The van der Waals surface area contributed by atoms with Crippen molar-refractivity contribution in [1.29, 1.82) is 0 Å². The molecule has 0 atom stereocenters. The minimum Gasteiger partial charge on any atom is -0.496 e. The molecule has 0 fully saturated rings. The number of benzene rings is 2. The van der Waals surface area contributed by atoms with Gasteiger partial charge >= 0.3 is 0 Å². The van der Waals surface area contributed by atoms with Gasteiger partial charge in [-0.2, -0.15) is 0 Å². The molecule has 0 spiro atoms. The molecule has 0 bridgehead atoms. The molecule has 0 aliphatic carbocycles. The average molecular weight is 478 g/mol. The Labute approximate surface area is 202 Å². The number of amides is 1. The molecule has 0 aliphatic rings. The Bertz CT molecular complexity index is 1320. The Morgan fingerprint density at radius 1 is 0.943 bits per heavy atom. The molecular weight excluding hydrogens is 450 g/mol. The summed E-state index contributed by atoms with van der Waals surface area (Å²) in [4.78, 5) is 20.3. The van der Waals surface area contributed by atoms with E-state index in [9.17, 15) is 4.79 Å². The Kier molecular flexibility index (Phi) is 7.25. The monoisotopic (exact) mass is 477 g/mol.